The van der Waals surface area contributed by atoms with Gasteiger partial charge in [0.1, 0.15) is 6.04 Å². The largest absolute Gasteiger partial charge is 0.480 e. The summed E-state index contributed by atoms with van der Waals surface area (Å²) in [6.45, 7) is -0.180. The Morgan fingerprint density at radius 1 is 1.45 bits per heavy atom. The monoisotopic (exact) mass is 307 g/mol. The Morgan fingerprint density at radius 2 is 2.14 bits per heavy atom. The van der Waals surface area contributed by atoms with Gasteiger partial charge in [-0.3, -0.25) is 19.7 Å². The van der Waals surface area contributed by atoms with Gasteiger partial charge in [-0.05, 0) is 12.5 Å². The number of benzene rings is 1. The van der Waals surface area contributed by atoms with E-state index in [-0.39, 0.29) is 36.2 Å². The predicted molar refractivity (Wildman–Crippen MR) is 72.8 cm³/mol. The second kappa shape index (κ2) is 5.80. The van der Waals surface area contributed by atoms with Crippen molar-refractivity contribution < 1.29 is 24.4 Å². The van der Waals surface area contributed by atoms with E-state index in [0.717, 1.165) is 4.90 Å². The number of carbonyl (C=O) groups is 3. The van der Waals surface area contributed by atoms with Crippen molar-refractivity contribution in [3.8, 4) is 0 Å². The summed E-state index contributed by atoms with van der Waals surface area (Å²) in [7, 11) is 0. The van der Waals surface area contributed by atoms with Gasteiger partial charge in [0.05, 0.1) is 22.6 Å². The molecular weight excluding hydrogens is 294 g/mol. The van der Waals surface area contributed by atoms with Crippen LogP contribution in [0.1, 0.15) is 28.8 Å². The lowest BCUT2D eigenvalue weighted by atomic mass is 10.1. The van der Waals surface area contributed by atoms with E-state index in [2.05, 4.69) is 0 Å². The van der Waals surface area contributed by atoms with Crippen molar-refractivity contribution in [1.82, 2.24) is 4.90 Å². The van der Waals surface area contributed by atoms with E-state index in [9.17, 15) is 29.6 Å². The van der Waals surface area contributed by atoms with Gasteiger partial charge in [-0.25, -0.2) is 4.79 Å². The Bertz CT molecular complexity index is 672. The topological polar surface area (TPSA) is 144 Å². The minimum atomic E-state index is -1.29. The summed E-state index contributed by atoms with van der Waals surface area (Å²) in [5, 5.41) is 20.2. The average Bonchev–Trinajstić information content (AvgIpc) is 2.76. The van der Waals surface area contributed by atoms with Crippen LogP contribution in [0.15, 0.2) is 18.2 Å². The molecule has 116 valence electrons. The molecule has 9 heteroatoms. The van der Waals surface area contributed by atoms with Gasteiger partial charge in [-0.1, -0.05) is 6.07 Å². The molecule has 1 aliphatic heterocycles. The van der Waals surface area contributed by atoms with E-state index < -0.39 is 28.7 Å². The number of rotatable bonds is 6. The molecule has 9 nitrogen and oxygen atoms in total. The number of hydrogen-bond acceptors (Lipinski definition) is 5. The van der Waals surface area contributed by atoms with Crippen LogP contribution < -0.4 is 5.73 Å². The molecule has 0 bridgehead atoms. The first-order valence-corrected chi connectivity index (χ1v) is 6.41. The lowest BCUT2D eigenvalue weighted by Crippen LogP contribution is -2.42. The second-order valence-electron chi connectivity index (χ2n) is 4.85. The van der Waals surface area contributed by atoms with Gasteiger partial charge in [0.2, 0.25) is 5.91 Å². The smallest absolute Gasteiger partial charge is 0.326 e. The molecule has 1 atom stereocenters. The molecule has 0 radical (unpaired) electrons. The zero-order chi connectivity index (χ0) is 16.4. The van der Waals surface area contributed by atoms with E-state index in [1.165, 1.54) is 18.2 Å². The van der Waals surface area contributed by atoms with Crippen LogP contribution >= 0.6 is 0 Å². The first kappa shape index (κ1) is 15.4. The molecule has 0 saturated carbocycles. The lowest BCUT2D eigenvalue weighted by Gasteiger charge is -2.23. The van der Waals surface area contributed by atoms with E-state index in [1.54, 1.807) is 0 Å². The van der Waals surface area contributed by atoms with Crippen LogP contribution in [0.4, 0.5) is 5.69 Å². The fourth-order valence-corrected chi connectivity index (χ4v) is 2.45. The molecule has 0 unspecified atom stereocenters. The van der Waals surface area contributed by atoms with Crippen molar-refractivity contribution in [1.29, 1.82) is 0 Å². The number of nitro benzene ring substituents is 1. The molecule has 0 saturated heterocycles. The first-order chi connectivity index (χ1) is 10.3. The number of fused-ring (bicyclic) bond motifs is 1. The Labute approximate surface area is 124 Å². The predicted octanol–water partition coefficient (Wildman–Crippen LogP) is 0.269. The number of hydrogen-bond donors (Lipinski definition) is 2. The van der Waals surface area contributed by atoms with Crippen LogP contribution in [0.2, 0.25) is 0 Å². The quantitative estimate of drug-likeness (QED) is 0.570. The Kier molecular flexibility index (Phi) is 4.06. The Balaban J connectivity index is 2.33. The highest BCUT2D eigenvalue weighted by atomic mass is 16.6. The van der Waals surface area contributed by atoms with Gasteiger partial charge in [0.15, 0.2) is 0 Å². The summed E-state index contributed by atoms with van der Waals surface area (Å²) in [5.74, 6) is -2.57. The van der Waals surface area contributed by atoms with Crippen molar-refractivity contribution in [2.75, 3.05) is 0 Å². The third-order valence-electron chi connectivity index (χ3n) is 3.49. The minimum Gasteiger partial charge on any atom is -0.480 e. The van der Waals surface area contributed by atoms with Crippen LogP contribution in [-0.2, 0) is 16.1 Å². The van der Waals surface area contributed by atoms with E-state index >= 15 is 0 Å². The number of carboxylic acids is 1. The van der Waals surface area contributed by atoms with Gasteiger partial charge in [-0.2, -0.15) is 0 Å². The summed E-state index contributed by atoms with van der Waals surface area (Å²) in [4.78, 5) is 45.8. The fraction of sp³-hybridized carbons (Fsp3) is 0.308. The van der Waals surface area contributed by atoms with Crippen molar-refractivity contribution in [3.05, 3.63) is 39.4 Å². The number of primary amides is 1. The maximum Gasteiger partial charge on any atom is 0.326 e. The summed E-state index contributed by atoms with van der Waals surface area (Å²) in [6.07, 6.45) is -0.336. The molecule has 1 aliphatic rings. The van der Waals surface area contributed by atoms with Crippen molar-refractivity contribution >= 4 is 23.5 Å². The van der Waals surface area contributed by atoms with Crippen LogP contribution in [0.25, 0.3) is 0 Å². The summed E-state index contributed by atoms with van der Waals surface area (Å²) in [6, 6.07) is 2.79. The van der Waals surface area contributed by atoms with Gasteiger partial charge >= 0.3 is 5.97 Å². The van der Waals surface area contributed by atoms with Crippen LogP contribution in [-0.4, -0.2) is 38.8 Å². The first-order valence-electron chi connectivity index (χ1n) is 6.41. The molecule has 0 fully saturated rings. The zero-order valence-corrected chi connectivity index (χ0v) is 11.4. The van der Waals surface area contributed by atoms with Crippen LogP contribution in [0, 0.1) is 10.1 Å². The lowest BCUT2D eigenvalue weighted by molar-refractivity contribution is -0.385. The highest BCUT2D eigenvalue weighted by Gasteiger charge is 2.39. The number of amides is 2. The maximum absolute atomic E-state index is 12.3. The molecule has 0 aromatic heterocycles. The minimum absolute atomic E-state index is 0.111. The van der Waals surface area contributed by atoms with E-state index in [4.69, 9.17) is 5.73 Å². The van der Waals surface area contributed by atoms with Gasteiger partial charge in [-0.15, -0.1) is 0 Å². The number of carboxylic acid groups (broad SMARTS) is 1. The molecule has 2 amide bonds. The zero-order valence-electron chi connectivity index (χ0n) is 11.4. The summed E-state index contributed by atoms with van der Waals surface area (Å²) >= 11 is 0. The molecule has 1 aromatic carbocycles. The number of nitro groups is 1. The SMILES string of the molecule is NC(=O)CC[C@@H](C(=O)O)N1Cc2c(cccc2[N+](=O)[O-])C1=O. The third-order valence-corrected chi connectivity index (χ3v) is 3.49. The average molecular weight is 307 g/mol. The standard InChI is InChI=1S/C13H13N3O6/c14-11(17)5-4-10(13(19)20)15-6-8-7(12(15)18)2-1-3-9(8)16(21)22/h1-3,10H,4-6H2,(H2,14,17)(H,19,20)/t10-/m0/s1. The fourth-order valence-electron chi connectivity index (χ4n) is 2.45. The molecule has 3 N–H and O–H groups in total. The summed E-state index contributed by atoms with van der Waals surface area (Å²) in [5.41, 5.74) is 5.06. The molecular formula is C13H13N3O6. The normalized spacial score (nSPS) is 14.5. The van der Waals surface area contributed by atoms with Crippen molar-refractivity contribution in [2.45, 2.75) is 25.4 Å². The Morgan fingerprint density at radius 3 is 2.68 bits per heavy atom. The third kappa shape index (κ3) is 2.73. The second-order valence-corrected chi connectivity index (χ2v) is 4.85. The molecule has 1 heterocycles. The van der Waals surface area contributed by atoms with Gasteiger partial charge in [0, 0.05) is 12.5 Å². The molecule has 0 aliphatic carbocycles. The molecule has 0 spiro atoms. The maximum atomic E-state index is 12.3. The van der Waals surface area contributed by atoms with E-state index in [1.807, 2.05) is 0 Å². The molecule has 1 aromatic rings. The Hall–Kier alpha value is -2.97. The van der Waals surface area contributed by atoms with Gasteiger partial charge < -0.3 is 15.7 Å². The highest BCUT2D eigenvalue weighted by Crippen LogP contribution is 2.32. The number of nitrogens with zero attached hydrogens (tertiary/aromatic N) is 2. The van der Waals surface area contributed by atoms with Crippen LogP contribution in [0.3, 0.4) is 0 Å². The highest BCUT2D eigenvalue weighted by molar-refractivity contribution is 6.01. The molecule has 22 heavy (non-hydrogen) atoms. The van der Waals surface area contributed by atoms with Crippen molar-refractivity contribution in [3.63, 3.8) is 0 Å². The van der Waals surface area contributed by atoms with E-state index in [0.29, 0.717) is 0 Å². The van der Waals surface area contributed by atoms with Crippen molar-refractivity contribution in [2.24, 2.45) is 5.73 Å². The number of nitrogens with two attached hydrogens (primary N) is 1. The van der Waals surface area contributed by atoms with Crippen LogP contribution in [0.5, 0.6) is 0 Å². The summed E-state index contributed by atoms with van der Waals surface area (Å²) < 4.78 is 0. The molecule has 2 rings (SSSR count). The van der Waals surface area contributed by atoms with Gasteiger partial charge in [0.25, 0.3) is 11.6 Å². The number of aliphatic carboxylic acids is 1. The number of carbonyl (C=O) groups excluding carboxylic acids is 2.